The zero-order valence-corrected chi connectivity index (χ0v) is 20.9. The molecule has 4 aromatic rings. The lowest BCUT2D eigenvalue weighted by atomic mass is 10.0. The summed E-state index contributed by atoms with van der Waals surface area (Å²) in [6, 6.07) is 12.2. The van der Waals surface area contributed by atoms with E-state index in [0.29, 0.717) is 46.7 Å². The van der Waals surface area contributed by atoms with Crippen LogP contribution in [0, 0.1) is 18.2 Å². The molecule has 0 atom stereocenters. The number of nitrogens with one attached hydrogen (secondary N) is 2. The first kappa shape index (κ1) is 24.9. The van der Waals surface area contributed by atoms with Gasteiger partial charge in [-0.1, -0.05) is 0 Å². The first-order valence-electron chi connectivity index (χ1n) is 11.7. The predicted octanol–water partition coefficient (Wildman–Crippen LogP) is 4.64. The molecule has 38 heavy (non-hydrogen) atoms. The minimum atomic E-state index is -1.17. The third-order valence-corrected chi connectivity index (χ3v) is 6.30. The number of nitrogens with zero attached hydrogens (tertiary/aromatic N) is 3. The van der Waals surface area contributed by atoms with Crippen LogP contribution in [0.5, 0.6) is 23.3 Å². The maximum atomic E-state index is 13.2. The number of carbonyl (C=O) groups excluding carboxylic acids is 2. The van der Waals surface area contributed by atoms with Crippen LogP contribution < -0.4 is 24.8 Å². The van der Waals surface area contributed by atoms with Gasteiger partial charge in [0.15, 0.2) is 11.3 Å². The van der Waals surface area contributed by atoms with E-state index < -0.39 is 23.0 Å². The summed E-state index contributed by atoms with van der Waals surface area (Å²) in [7, 11) is 2.99. The van der Waals surface area contributed by atoms with Gasteiger partial charge in [-0.3, -0.25) is 9.59 Å². The van der Waals surface area contributed by atoms with Crippen molar-refractivity contribution >= 4 is 34.2 Å². The SMILES string of the molecule is COc1cc2ncnc(Oc3ccc(NC(=O)C4(C(=O)Nc5ccc(F)cc5)CC4)c(C)c3)c2nc1OC. The van der Waals surface area contributed by atoms with Crippen LogP contribution in [0.3, 0.4) is 0 Å². The Morgan fingerprint density at radius 2 is 1.66 bits per heavy atom. The van der Waals surface area contributed by atoms with Gasteiger partial charge in [0.05, 0.1) is 14.2 Å². The van der Waals surface area contributed by atoms with Crippen LogP contribution in [0.15, 0.2) is 54.9 Å². The molecule has 1 fully saturated rings. The Morgan fingerprint density at radius 1 is 0.921 bits per heavy atom. The third-order valence-electron chi connectivity index (χ3n) is 6.30. The molecular formula is C27H24FN5O5. The summed E-state index contributed by atoms with van der Waals surface area (Å²) in [6.07, 6.45) is 2.21. The molecule has 0 bridgehead atoms. The van der Waals surface area contributed by atoms with Gasteiger partial charge < -0.3 is 24.8 Å². The van der Waals surface area contributed by atoms with Crippen LogP contribution in [0.25, 0.3) is 11.0 Å². The highest BCUT2D eigenvalue weighted by molar-refractivity contribution is 6.17. The van der Waals surface area contributed by atoms with Crippen molar-refractivity contribution in [3.05, 3.63) is 66.2 Å². The second kappa shape index (κ2) is 9.92. The summed E-state index contributed by atoms with van der Waals surface area (Å²) < 4.78 is 29.7. The minimum absolute atomic E-state index is 0.224. The van der Waals surface area contributed by atoms with E-state index in [2.05, 4.69) is 25.6 Å². The molecule has 194 valence electrons. The number of ether oxygens (including phenoxy) is 3. The van der Waals surface area contributed by atoms with Crippen molar-refractivity contribution in [2.24, 2.45) is 5.41 Å². The number of hydrogen-bond acceptors (Lipinski definition) is 8. The highest BCUT2D eigenvalue weighted by atomic mass is 19.1. The molecular weight excluding hydrogens is 493 g/mol. The van der Waals surface area contributed by atoms with Crippen LogP contribution in [-0.4, -0.2) is 41.0 Å². The number of fused-ring (bicyclic) bond motifs is 1. The van der Waals surface area contributed by atoms with Crippen LogP contribution in [0.2, 0.25) is 0 Å². The van der Waals surface area contributed by atoms with Crippen LogP contribution >= 0.6 is 0 Å². The quantitative estimate of drug-likeness (QED) is 0.324. The van der Waals surface area contributed by atoms with Crippen molar-refractivity contribution < 1.29 is 28.2 Å². The zero-order chi connectivity index (χ0) is 26.9. The number of anilines is 2. The number of amides is 2. The number of rotatable bonds is 8. The molecule has 0 aliphatic heterocycles. The Bertz CT molecular complexity index is 1540. The summed E-state index contributed by atoms with van der Waals surface area (Å²) in [5, 5.41) is 5.55. The van der Waals surface area contributed by atoms with Crippen molar-refractivity contribution in [3.8, 4) is 23.3 Å². The largest absolute Gasteiger partial charge is 0.491 e. The van der Waals surface area contributed by atoms with E-state index in [4.69, 9.17) is 14.2 Å². The van der Waals surface area contributed by atoms with Crippen LogP contribution in [0.1, 0.15) is 18.4 Å². The number of carbonyl (C=O) groups is 2. The van der Waals surface area contributed by atoms with Gasteiger partial charge >= 0.3 is 0 Å². The van der Waals surface area contributed by atoms with E-state index in [9.17, 15) is 14.0 Å². The number of benzene rings is 2. The van der Waals surface area contributed by atoms with E-state index in [1.54, 1.807) is 24.3 Å². The van der Waals surface area contributed by atoms with Gasteiger partial charge in [0.2, 0.25) is 17.7 Å². The molecule has 11 heteroatoms. The lowest BCUT2D eigenvalue weighted by molar-refractivity contribution is -0.131. The number of aromatic nitrogens is 3. The summed E-state index contributed by atoms with van der Waals surface area (Å²) in [6.45, 7) is 1.81. The van der Waals surface area contributed by atoms with E-state index in [1.807, 2.05) is 6.92 Å². The van der Waals surface area contributed by atoms with Crippen molar-refractivity contribution in [1.29, 1.82) is 0 Å². The highest BCUT2D eigenvalue weighted by Crippen LogP contribution is 2.47. The molecule has 0 unspecified atom stereocenters. The van der Waals surface area contributed by atoms with Crippen molar-refractivity contribution in [2.75, 3.05) is 24.9 Å². The fraction of sp³-hybridized carbons (Fsp3) is 0.222. The van der Waals surface area contributed by atoms with Crippen molar-refractivity contribution in [2.45, 2.75) is 19.8 Å². The normalized spacial score (nSPS) is 13.5. The van der Waals surface area contributed by atoms with E-state index in [1.165, 1.54) is 44.8 Å². The number of halogens is 1. The van der Waals surface area contributed by atoms with Crippen molar-refractivity contribution in [3.63, 3.8) is 0 Å². The first-order chi connectivity index (χ1) is 18.3. The molecule has 0 saturated heterocycles. The topological polar surface area (TPSA) is 125 Å². The van der Waals surface area contributed by atoms with E-state index in [0.717, 1.165) is 5.56 Å². The Morgan fingerprint density at radius 3 is 2.32 bits per heavy atom. The van der Waals surface area contributed by atoms with Gasteiger partial charge in [-0.2, -0.15) is 4.98 Å². The highest BCUT2D eigenvalue weighted by Gasteiger charge is 2.56. The maximum Gasteiger partial charge on any atom is 0.257 e. The molecule has 2 amide bonds. The molecule has 5 rings (SSSR count). The van der Waals surface area contributed by atoms with Gasteiger partial charge in [-0.05, 0) is 67.8 Å². The predicted molar refractivity (Wildman–Crippen MR) is 137 cm³/mol. The average molecular weight is 518 g/mol. The molecule has 2 N–H and O–H groups in total. The summed E-state index contributed by atoms with van der Waals surface area (Å²) in [4.78, 5) is 38.7. The molecule has 2 aromatic carbocycles. The Labute approximate surface area is 217 Å². The average Bonchev–Trinajstić information content (AvgIpc) is 3.73. The van der Waals surface area contributed by atoms with E-state index in [-0.39, 0.29) is 11.8 Å². The summed E-state index contributed by atoms with van der Waals surface area (Å²) >= 11 is 0. The molecule has 1 aliphatic rings. The molecule has 0 radical (unpaired) electrons. The number of methoxy groups -OCH3 is 2. The Balaban J connectivity index is 1.31. The Hall–Kier alpha value is -4.80. The molecule has 2 heterocycles. The minimum Gasteiger partial charge on any atom is -0.491 e. The van der Waals surface area contributed by atoms with Crippen LogP contribution in [0.4, 0.5) is 15.8 Å². The van der Waals surface area contributed by atoms with E-state index >= 15 is 0 Å². The fourth-order valence-electron chi connectivity index (χ4n) is 3.96. The number of aryl methyl sites for hydroxylation is 1. The zero-order valence-electron chi connectivity index (χ0n) is 20.9. The molecule has 1 saturated carbocycles. The van der Waals surface area contributed by atoms with Gasteiger partial charge in [-0.15, -0.1) is 0 Å². The fourth-order valence-corrected chi connectivity index (χ4v) is 3.96. The first-order valence-corrected chi connectivity index (χ1v) is 11.7. The molecule has 0 spiro atoms. The van der Waals surface area contributed by atoms with Gasteiger partial charge in [0.1, 0.15) is 28.8 Å². The summed E-state index contributed by atoms with van der Waals surface area (Å²) in [5.41, 5.74) is 1.43. The lowest BCUT2D eigenvalue weighted by Crippen LogP contribution is -2.35. The van der Waals surface area contributed by atoms with Crippen molar-refractivity contribution in [1.82, 2.24) is 15.0 Å². The second-order valence-electron chi connectivity index (χ2n) is 8.82. The molecule has 1 aliphatic carbocycles. The lowest BCUT2D eigenvalue weighted by Gasteiger charge is -2.17. The standard InChI is InChI=1S/C27H24FN5O5/c1-15-12-18(38-24-22-20(29-14-30-24)13-21(36-2)23(33-22)37-3)8-9-19(15)32-26(35)27(10-11-27)25(34)31-17-6-4-16(28)5-7-17/h4-9,12-14H,10-11H2,1-3H3,(H,31,34)(H,32,35). The smallest absolute Gasteiger partial charge is 0.257 e. The number of hydrogen-bond donors (Lipinski definition) is 2. The summed E-state index contributed by atoms with van der Waals surface area (Å²) in [5.74, 6) is 0.157. The van der Waals surface area contributed by atoms with Gasteiger partial charge in [0.25, 0.3) is 5.88 Å². The van der Waals surface area contributed by atoms with Gasteiger partial charge in [0, 0.05) is 17.4 Å². The molecule has 2 aromatic heterocycles. The Kier molecular flexibility index (Phi) is 6.50. The maximum absolute atomic E-state index is 13.2. The number of pyridine rings is 1. The molecule has 10 nitrogen and oxygen atoms in total. The van der Waals surface area contributed by atoms with Gasteiger partial charge in [-0.25, -0.2) is 14.4 Å². The second-order valence-corrected chi connectivity index (χ2v) is 8.82. The van der Waals surface area contributed by atoms with Crippen LogP contribution in [-0.2, 0) is 9.59 Å². The monoisotopic (exact) mass is 517 g/mol. The third kappa shape index (κ3) is 4.77.